The van der Waals surface area contributed by atoms with Crippen LogP contribution in [-0.4, -0.2) is 94.3 Å². The molecule has 6 saturated carbocycles. The number of carbonyl (C=O) groups is 2. The number of ether oxygens (including phenoxy) is 3. The van der Waals surface area contributed by atoms with Gasteiger partial charge in [-0.15, -0.1) is 0 Å². The third kappa shape index (κ3) is 12.3. The highest BCUT2D eigenvalue weighted by atomic mass is 17.2. The molecule has 0 aromatic carbocycles. The third-order valence-electron chi connectivity index (χ3n) is 15.4. The number of carboxylic acids is 1. The van der Waals surface area contributed by atoms with Gasteiger partial charge in [-0.2, -0.15) is 0 Å². The Labute approximate surface area is 338 Å². The molecule has 0 aromatic rings. The highest BCUT2D eigenvalue weighted by Crippen LogP contribution is 2.49. The van der Waals surface area contributed by atoms with E-state index in [1.165, 1.54) is 25.7 Å². The summed E-state index contributed by atoms with van der Waals surface area (Å²) in [6.07, 6.45) is 19.0. The first-order valence-corrected chi connectivity index (χ1v) is 22.5. The van der Waals surface area contributed by atoms with Crippen molar-refractivity contribution in [2.45, 2.75) is 204 Å². The number of hydrogen-bond acceptors (Lipinski definition) is 12. The molecule has 6 rings (SSSR count). The lowest BCUT2D eigenvalue weighted by molar-refractivity contribution is -0.528. The van der Waals surface area contributed by atoms with Crippen LogP contribution in [0, 0.1) is 51.0 Å². The Balaban J connectivity index is 0.824. The van der Waals surface area contributed by atoms with Crippen LogP contribution in [-0.2, 0) is 38.5 Å². The van der Waals surface area contributed by atoms with Crippen LogP contribution in [0.1, 0.15) is 155 Å². The molecule has 0 saturated heterocycles. The predicted octanol–water partition coefficient (Wildman–Crippen LogP) is 7.69. The first kappa shape index (κ1) is 44.6. The minimum absolute atomic E-state index is 0.0687. The fourth-order valence-electron chi connectivity index (χ4n) is 11.5. The van der Waals surface area contributed by atoms with Crippen molar-refractivity contribution in [1.29, 1.82) is 0 Å². The van der Waals surface area contributed by atoms with Crippen molar-refractivity contribution in [2.75, 3.05) is 13.2 Å². The lowest BCUT2D eigenvalue weighted by atomic mass is 9.60. The van der Waals surface area contributed by atoms with Crippen LogP contribution in [0.2, 0.25) is 0 Å². The number of aliphatic hydroxyl groups excluding tert-OH is 1. The second kappa shape index (κ2) is 21.0. The molecule has 6 aliphatic carbocycles. The van der Waals surface area contributed by atoms with Crippen LogP contribution < -0.4 is 0 Å². The van der Waals surface area contributed by atoms with E-state index in [4.69, 9.17) is 29.2 Å². The quantitative estimate of drug-likeness (QED) is 0.0595. The topological polar surface area (TPSA) is 193 Å². The van der Waals surface area contributed by atoms with Gasteiger partial charge in [-0.05, 0) is 158 Å². The molecular weight excluding hydrogens is 738 g/mol. The van der Waals surface area contributed by atoms with Crippen LogP contribution in [0.5, 0.6) is 0 Å². The maximum atomic E-state index is 13.0. The van der Waals surface area contributed by atoms with Gasteiger partial charge in [-0.1, -0.05) is 13.8 Å². The average Bonchev–Trinajstić information content (AvgIpc) is 3.20. The van der Waals surface area contributed by atoms with Crippen molar-refractivity contribution in [2.24, 2.45) is 40.9 Å². The van der Waals surface area contributed by atoms with Gasteiger partial charge in [0.25, 0.3) is 0 Å². The van der Waals surface area contributed by atoms with E-state index >= 15 is 0 Å². The number of rotatable bonds is 16. The molecule has 326 valence electrons. The van der Waals surface area contributed by atoms with Crippen molar-refractivity contribution >= 4 is 11.9 Å². The van der Waals surface area contributed by atoms with Crippen molar-refractivity contribution in [3.05, 3.63) is 10.1 Å². The molecule has 0 aromatic heterocycles. The smallest absolute Gasteiger partial charge is 0.310 e. The molecule has 0 spiro atoms. The van der Waals surface area contributed by atoms with Crippen LogP contribution >= 0.6 is 0 Å². The summed E-state index contributed by atoms with van der Waals surface area (Å²) in [6.45, 7) is 5.64. The van der Waals surface area contributed by atoms with Crippen LogP contribution in [0.3, 0.4) is 0 Å². The fourth-order valence-corrected chi connectivity index (χ4v) is 11.5. The monoisotopic (exact) mass is 809 g/mol. The minimum atomic E-state index is -1.17. The average molecular weight is 810 g/mol. The number of nitrogens with zero attached hydrogens (tertiary/aromatic N) is 1. The van der Waals surface area contributed by atoms with Crippen molar-refractivity contribution in [3.63, 3.8) is 0 Å². The van der Waals surface area contributed by atoms with E-state index in [-0.39, 0.29) is 79.7 Å². The van der Waals surface area contributed by atoms with Gasteiger partial charge in [0.05, 0.1) is 61.7 Å². The van der Waals surface area contributed by atoms with E-state index in [1.807, 2.05) is 0 Å². The summed E-state index contributed by atoms with van der Waals surface area (Å²) in [4.78, 5) is 51.4. The van der Waals surface area contributed by atoms with Gasteiger partial charge in [-0.3, -0.25) is 25.0 Å². The zero-order valence-electron chi connectivity index (χ0n) is 34.4. The maximum Gasteiger partial charge on any atom is 0.310 e. The number of aliphatic carboxylic acids is 1. The zero-order valence-corrected chi connectivity index (χ0v) is 34.4. The van der Waals surface area contributed by atoms with E-state index in [0.717, 1.165) is 77.0 Å². The number of nitro groups is 1. The van der Waals surface area contributed by atoms with E-state index in [2.05, 4.69) is 18.7 Å². The van der Waals surface area contributed by atoms with Gasteiger partial charge in [0, 0.05) is 17.8 Å². The molecule has 6 atom stereocenters. The van der Waals surface area contributed by atoms with Crippen LogP contribution in [0.15, 0.2) is 0 Å². The largest absolute Gasteiger partial charge is 0.481 e. The Morgan fingerprint density at radius 3 is 1.65 bits per heavy atom. The molecule has 14 nitrogen and oxygen atoms in total. The molecule has 0 bridgehead atoms. The zero-order chi connectivity index (χ0) is 40.5. The van der Waals surface area contributed by atoms with E-state index < -0.39 is 34.7 Å². The van der Waals surface area contributed by atoms with Gasteiger partial charge >= 0.3 is 11.9 Å². The molecule has 6 unspecified atom stereocenters. The van der Waals surface area contributed by atoms with Gasteiger partial charge in [0.1, 0.15) is 6.10 Å². The molecular formula is C43H71NO13. The van der Waals surface area contributed by atoms with Gasteiger partial charge < -0.3 is 24.4 Å². The number of esters is 1. The Kier molecular flexibility index (Phi) is 16.5. The molecule has 0 aliphatic heterocycles. The lowest BCUT2D eigenvalue weighted by Crippen LogP contribution is -2.42. The van der Waals surface area contributed by atoms with E-state index in [1.54, 1.807) is 0 Å². The SMILES string of the molecule is CC(C)(C1CCC(OC2CCC(OOCC3CCC(O)CC3COO)CC2)CC1)C1CCC(OC2CCC(OC(=O)C3CCC([N+](=O)[O-])CC3C(=O)O)CC2)CC1. The molecule has 57 heavy (non-hydrogen) atoms. The van der Waals surface area contributed by atoms with Crippen molar-refractivity contribution < 1.29 is 58.9 Å². The van der Waals surface area contributed by atoms with Crippen molar-refractivity contribution in [3.8, 4) is 0 Å². The number of carboxylic acid groups (broad SMARTS) is 1. The second-order valence-electron chi connectivity index (χ2n) is 19.2. The number of carbonyl (C=O) groups excluding carboxylic acids is 1. The van der Waals surface area contributed by atoms with Crippen LogP contribution in [0.25, 0.3) is 0 Å². The van der Waals surface area contributed by atoms with E-state index in [9.17, 15) is 29.9 Å². The standard InChI is InChI=1S/C43H71NO13/c1-43(2,30-6-12-34(13-7-30)55-36-18-20-38(21-19-36)57-53-26-27-3-9-32(45)23-28(27)25-52-51)29-4-10-33(11-5-29)54-35-14-16-37(17-15-35)56-42(48)39-22-8-31(44(49)50)24-40(39)41(46)47/h27-40,45,51H,3-26H2,1-2H3,(H,46,47). The van der Waals surface area contributed by atoms with Gasteiger partial charge in [0.2, 0.25) is 6.04 Å². The highest BCUT2D eigenvalue weighted by molar-refractivity contribution is 5.81. The molecule has 6 fully saturated rings. The molecule has 6 aliphatic rings. The van der Waals surface area contributed by atoms with Crippen LogP contribution in [0.4, 0.5) is 0 Å². The summed E-state index contributed by atoms with van der Waals surface area (Å²) < 4.78 is 19.1. The Morgan fingerprint density at radius 2 is 1.14 bits per heavy atom. The van der Waals surface area contributed by atoms with E-state index in [0.29, 0.717) is 43.8 Å². The summed E-state index contributed by atoms with van der Waals surface area (Å²) in [5.74, 6) is -1.93. The lowest BCUT2D eigenvalue weighted by Gasteiger charge is -2.47. The van der Waals surface area contributed by atoms with Crippen molar-refractivity contribution in [1.82, 2.24) is 0 Å². The normalized spacial score (nSPS) is 39.6. The summed E-state index contributed by atoms with van der Waals surface area (Å²) in [5.41, 5.74) is 0.276. The fraction of sp³-hybridized carbons (Fsp3) is 0.953. The first-order valence-electron chi connectivity index (χ1n) is 22.5. The minimum Gasteiger partial charge on any atom is -0.481 e. The van der Waals surface area contributed by atoms with Gasteiger partial charge in [0.15, 0.2) is 0 Å². The Hall–Kier alpha value is -1.94. The third-order valence-corrected chi connectivity index (χ3v) is 15.4. The Morgan fingerprint density at radius 1 is 0.632 bits per heavy atom. The molecule has 3 N–H and O–H groups in total. The maximum absolute atomic E-state index is 13.0. The predicted molar refractivity (Wildman–Crippen MR) is 207 cm³/mol. The molecule has 14 heteroatoms. The molecule has 0 amide bonds. The second-order valence-corrected chi connectivity index (χ2v) is 19.2. The first-order chi connectivity index (χ1) is 27.4. The summed E-state index contributed by atoms with van der Waals surface area (Å²) in [6, 6.07) is -0.921. The summed E-state index contributed by atoms with van der Waals surface area (Å²) >= 11 is 0. The summed E-state index contributed by atoms with van der Waals surface area (Å²) in [7, 11) is 0. The number of aliphatic hydroxyl groups is 1. The highest BCUT2D eigenvalue weighted by Gasteiger charge is 2.46. The molecule has 0 radical (unpaired) electrons. The Bertz CT molecular complexity index is 1270. The summed E-state index contributed by atoms with van der Waals surface area (Å²) in [5, 5.41) is 39.7. The van der Waals surface area contributed by atoms with Gasteiger partial charge in [-0.25, -0.2) is 14.7 Å². The molecule has 0 heterocycles. The number of hydrogen-bond donors (Lipinski definition) is 3.